The molecule has 42 valence electrons. The third kappa shape index (κ3) is 9.43. The molecular weight excluding hydrogens is 157 g/mol. The smallest absolute Gasteiger partial charge is 0.550 e. The minimum absolute atomic E-state index is 0. The molecule has 2 nitrogen and oxygen atoms in total. The molecule has 8 heavy (non-hydrogen) atoms. The summed E-state index contributed by atoms with van der Waals surface area (Å²) in [6, 6.07) is 0. The molecule has 0 aromatic carbocycles. The van der Waals surface area contributed by atoms with Crippen molar-refractivity contribution >= 4 is 5.97 Å². The van der Waals surface area contributed by atoms with E-state index in [1.807, 2.05) is 6.92 Å². The average molecular weight is 167 g/mol. The molecule has 0 rings (SSSR count). The van der Waals surface area contributed by atoms with Gasteiger partial charge in [-0.3, -0.25) is 0 Å². The summed E-state index contributed by atoms with van der Waals surface area (Å²) < 4.78 is 0. The fourth-order valence-electron chi connectivity index (χ4n) is 0.321. The Hall–Kier alpha value is 0.0934. The molecule has 0 bridgehead atoms. The van der Waals surface area contributed by atoms with Crippen LogP contribution in [0.15, 0.2) is 0 Å². The molecule has 0 N–H and O–H groups in total. The summed E-state index contributed by atoms with van der Waals surface area (Å²) in [6.45, 7) is 1.95. The summed E-state index contributed by atoms with van der Waals surface area (Å²) in [6.07, 6.45) is 1.87. The van der Waals surface area contributed by atoms with Gasteiger partial charge in [0, 0.05) is 5.97 Å². The summed E-state index contributed by atoms with van der Waals surface area (Å²) in [4.78, 5) is 9.65. The molecule has 0 atom stereocenters. The van der Waals surface area contributed by atoms with E-state index < -0.39 is 5.97 Å². The summed E-state index contributed by atoms with van der Waals surface area (Å²) in [5.41, 5.74) is 0. The molecule has 0 aliphatic carbocycles. The largest absolute Gasteiger partial charge is 2.00 e. The molecule has 0 aliphatic rings. The summed E-state index contributed by atoms with van der Waals surface area (Å²) in [7, 11) is 0. The molecule has 0 unspecified atom stereocenters. The molecule has 0 saturated heterocycles. The standard InChI is InChI=1S/C5H10O2.Zn/c1-2-3-4-5(6)7;/h2-4H2,1H3,(H,6,7);/q;+2/p-1. The van der Waals surface area contributed by atoms with Crippen molar-refractivity contribution in [3.63, 3.8) is 0 Å². The molecular formula is C5H9O2Zn+. The minimum Gasteiger partial charge on any atom is -0.550 e. The Balaban J connectivity index is 0. The maximum atomic E-state index is 9.65. The van der Waals surface area contributed by atoms with E-state index in [9.17, 15) is 9.90 Å². The van der Waals surface area contributed by atoms with Gasteiger partial charge in [0.2, 0.25) is 0 Å². The van der Waals surface area contributed by atoms with Crippen molar-refractivity contribution in [3.05, 3.63) is 0 Å². The van der Waals surface area contributed by atoms with Gasteiger partial charge in [-0.1, -0.05) is 13.3 Å². The van der Waals surface area contributed by atoms with Crippen LogP contribution in [0, 0.1) is 0 Å². The van der Waals surface area contributed by atoms with Crippen LogP contribution in [0.3, 0.4) is 0 Å². The Morgan fingerprint density at radius 1 is 1.62 bits per heavy atom. The van der Waals surface area contributed by atoms with E-state index in [0.29, 0.717) is 0 Å². The minimum atomic E-state index is -0.943. The van der Waals surface area contributed by atoms with E-state index in [1.54, 1.807) is 0 Å². The van der Waals surface area contributed by atoms with Gasteiger partial charge in [-0.15, -0.1) is 0 Å². The van der Waals surface area contributed by atoms with Crippen LogP contribution < -0.4 is 5.11 Å². The van der Waals surface area contributed by atoms with Gasteiger partial charge in [0.25, 0.3) is 0 Å². The first kappa shape index (κ1) is 11.0. The van der Waals surface area contributed by atoms with Crippen LogP contribution in [0.5, 0.6) is 0 Å². The van der Waals surface area contributed by atoms with Crippen LogP contribution in [-0.2, 0) is 24.3 Å². The van der Waals surface area contributed by atoms with E-state index in [0.717, 1.165) is 12.8 Å². The normalized spacial score (nSPS) is 7.62. The Morgan fingerprint density at radius 3 is 2.25 bits per heavy atom. The first-order chi connectivity index (χ1) is 3.27. The van der Waals surface area contributed by atoms with Gasteiger partial charge < -0.3 is 9.90 Å². The quantitative estimate of drug-likeness (QED) is 0.551. The SMILES string of the molecule is CCCCC(=O)[O-].[Zn+2]. The number of hydrogen-bond donors (Lipinski definition) is 0. The van der Waals surface area contributed by atoms with Crippen LogP contribution in [0.2, 0.25) is 0 Å². The number of carbonyl (C=O) groups is 1. The van der Waals surface area contributed by atoms with Crippen LogP contribution >= 0.6 is 0 Å². The topological polar surface area (TPSA) is 40.1 Å². The van der Waals surface area contributed by atoms with Crippen molar-refractivity contribution in [1.82, 2.24) is 0 Å². The maximum absolute atomic E-state index is 9.65. The zero-order chi connectivity index (χ0) is 5.70. The van der Waals surface area contributed by atoms with Crippen LogP contribution in [-0.4, -0.2) is 5.97 Å². The number of carboxylic acids is 1. The molecule has 0 aliphatic heterocycles. The Morgan fingerprint density at radius 2 is 2.12 bits per heavy atom. The van der Waals surface area contributed by atoms with E-state index in [1.165, 1.54) is 0 Å². The van der Waals surface area contributed by atoms with Crippen molar-refractivity contribution < 1.29 is 29.4 Å². The number of unbranched alkanes of at least 4 members (excludes halogenated alkanes) is 1. The number of aliphatic carboxylic acids is 1. The molecule has 0 spiro atoms. The fraction of sp³-hybridized carbons (Fsp3) is 0.800. The second-order valence-electron chi connectivity index (χ2n) is 1.48. The molecule has 0 fully saturated rings. The second-order valence-corrected chi connectivity index (χ2v) is 1.48. The zero-order valence-electron chi connectivity index (χ0n) is 5.14. The summed E-state index contributed by atoms with van der Waals surface area (Å²) in [5.74, 6) is -0.943. The molecule has 0 amide bonds. The first-order valence-corrected chi connectivity index (χ1v) is 2.47. The van der Waals surface area contributed by atoms with Gasteiger partial charge >= 0.3 is 19.5 Å². The molecule has 3 heteroatoms. The van der Waals surface area contributed by atoms with Crippen LogP contribution in [0.1, 0.15) is 26.2 Å². The van der Waals surface area contributed by atoms with Gasteiger partial charge in [-0.25, -0.2) is 0 Å². The van der Waals surface area contributed by atoms with E-state index in [2.05, 4.69) is 0 Å². The number of rotatable bonds is 3. The number of carboxylic acid groups (broad SMARTS) is 1. The predicted molar refractivity (Wildman–Crippen MR) is 24.5 cm³/mol. The Kier molecular flexibility index (Phi) is 9.72. The van der Waals surface area contributed by atoms with Crippen LogP contribution in [0.4, 0.5) is 0 Å². The van der Waals surface area contributed by atoms with Crippen molar-refractivity contribution in [2.24, 2.45) is 0 Å². The average Bonchev–Trinajstić information content (AvgIpc) is 1.61. The third-order valence-corrected chi connectivity index (χ3v) is 0.734. The number of carbonyl (C=O) groups excluding carboxylic acids is 1. The molecule has 0 heterocycles. The van der Waals surface area contributed by atoms with Crippen LogP contribution in [0.25, 0.3) is 0 Å². The van der Waals surface area contributed by atoms with E-state index >= 15 is 0 Å². The molecule has 0 radical (unpaired) electrons. The summed E-state index contributed by atoms with van der Waals surface area (Å²) >= 11 is 0. The summed E-state index contributed by atoms with van der Waals surface area (Å²) in [5, 5.41) is 9.65. The Bertz CT molecular complexity index is 63.4. The van der Waals surface area contributed by atoms with E-state index in [-0.39, 0.29) is 25.9 Å². The molecule has 0 aromatic rings. The van der Waals surface area contributed by atoms with Gasteiger partial charge in [0.1, 0.15) is 0 Å². The van der Waals surface area contributed by atoms with Gasteiger partial charge in [-0.2, -0.15) is 0 Å². The fourth-order valence-corrected chi connectivity index (χ4v) is 0.321. The second kappa shape index (κ2) is 7.09. The van der Waals surface area contributed by atoms with Crippen molar-refractivity contribution in [2.45, 2.75) is 26.2 Å². The van der Waals surface area contributed by atoms with Gasteiger partial charge in [0.15, 0.2) is 0 Å². The zero-order valence-corrected chi connectivity index (χ0v) is 8.11. The first-order valence-electron chi connectivity index (χ1n) is 2.47. The maximum Gasteiger partial charge on any atom is 2.00 e. The Labute approximate surface area is 62.0 Å². The van der Waals surface area contributed by atoms with Gasteiger partial charge in [0.05, 0.1) is 0 Å². The predicted octanol–water partition coefficient (Wildman–Crippen LogP) is -0.0760. The van der Waals surface area contributed by atoms with Gasteiger partial charge in [-0.05, 0) is 12.8 Å². The molecule has 0 aromatic heterocycles. The van der Waals surface area contributed by atoms with Crippen molar-refractivity contribution in [2.75, 3.05) is 0 Å². The van der Waals surface area contributed by atoms with Crippen molar-refractivity contribution in [3.8, 4) is 0 Å². The molecule has 0 saturated carbocycles. The van der Waals surface area contributed by atoms with Crippen molar-refractivity contribution in [1.29, 1.82) is 0 Å². The van der Waals surface area contributed by atoms with E-state index in [4.69, 9.17) is 0 Å². The number of hydrogen-bond acceptors (Lipinski definition) is 2. The monoisotopic (exact) mass is 165 g/mol. The third-order valence-electron chi connectivity index (χ3n) is 0.734.